The predicted molar refractivity (Wildman–Crippen MR) is 166 cm³/mol. The average molecular weight is 710 g/mol. The molecule has 0 aliphatic carbocycles. The SMILES string of the molecule is CCCOCCC(=O)NCC(=O)NC1C(O)CC(C)(OP(=O)(O)OCC2OC(n3ccc(N)nc3=O)C(C)C2C)OC1C(O)C(O)CO. The number of ether oxygens (including phenoxy) is 3. The summed E-state index contributed by atoms with van der Waals surface area (Å²) in [6.07, 6.45) is -6.79. The minimum atomic E-state index is -4.98. The first kappa shape index (κ1) is 39.9. The Balaban J connectivity index is 1.64. The van der Waals surface area contributed by atoms with Crippen molar-refractivity contribution in [1.82, 2.24) is 20.2 Å². The van der Waals surface area contributed by atoms with E-state index < -0.39 is 100 Å². The van der Waals surface area contributed by atoms with Gasteiger partial charge < -0.3 is 55.9 Å². The summed E-state index contributed by atoms with van der Waals surface area (Å²) in [4.78, 5) is 51.3. The number of nitrogens with zero attached hydrogens (tertiary/aromatic N) is 2. The van der Waals surface area contributed by atoms with E-state index in [0.29, 0.717) is 6.61 Å². The van der Waals surface area contributed by atoms with Crippen LogP contribution in [0, 0.1) is 11.8 Å². The highest BCUT2D eigenvalue weighted by Crippen LogP contribution is 2.51. The summed E-state index contributed by atoms with van der Waals surface area (Å²) in [5.41, 5.74) is 4.94. The number of carbonyl (C=O) groups is 2. The van der Waals surface area contributed by atoms with E-state index in [4.69, 9.17) is 29.0 Å². The number of hydrogen-bond donors (Lipinski definition) is 8. The first-order valence-electron chi connectivity index (χ1n) is 15.7. The predicted octanol–water partition coefficient (Wildman–Crippen LogP) is -1.87. The van der Waals surface area contributed by atoms with Crippen molar-refractivity contribution in [3.63, 3.8) is 0 Å². The molecule has 0 bridgehead atoms. The van der Waals surface area contributed by atoms with Crippen molar-refractivity contribution in [2.45, 2.75) is 95.5 Å². The quantitative estimate of drug-likeness (QED) is 0.0649. The van der Waals surface area contributed by atoms with Crippen molar-refractivity contribution >= 4 is 25.5 Å². The molecule has 274 valence electrons. The molecular weight excluding hydrogens is 661 g/mol. The molecule has 2 saturated heterocycles. The second-order valence-electron chi connectivity index (χ2n) is 12.1. The smallest absolute Gasteiger partial charge is 0.394 e. The third kappa shape index (κ3) is 10.7. The van der Waals surface area contributed by atoms with E-state index in [-0.39, 0.29) is 30.7 Å². The van der Waals surface area contributed by atoms with Crippen molar-refractivity contribution in [2.75, 3.05) is 38.7 Å². The normalized spacial score (nSPS) is 31.5. The number of anilines is 1. The molecule has 3 heterocycles. The number of phosphoric ester groups is 1. The fourth-order valence-corrected chi connectivity index (χ4v) is 6.48. The molecule has 20 heteroatoms. The maximum atomic E-state index is 13.1. The lowest BCUT2D eigenvalue weighted by atomic mass is 9.89. The number of phosphoric acid groups is 1. The Hall–Kier alpha value is -2.55. The first-order chi connectivity index (χ1) is 22.5. The molecule has 0 saturated carbocycles. The number of aliphatic hydroxyl groups excluding tert-OH is 4. The minimum absolute atomic E-state index is 0.0109. The Labute approximate surface area is 277 Å². The van der Waals surface area contributed by atoms with Crippen molar-refractivity contribution in [2.24, 2.45) is 11.8 Å². The highest BCUT2D eigenvalue weighted by molar-refractivity contribution is 7.47. The number of rotatable bonds is 17. The fraction of sp³-hybridized carbons (Fsp3) is 0.786. The van der Waals surface area contributed by atoms with Crippen LogP contribution in [0.3, 0.4) is 0 Å². The highest BCUT2D eigenvalue weighted by atomic mass is 31.2. The molecule has 1 aromatic rings. The van der Waals surface area contributed by atoms with Crippen LogP contribution in [0.5, 0.6) is 0 Å². The van der Waals surface area contributed by atoms with E-state index in [1.54, 1.807) is 6.92 Å². The average Bonchev–Trinajstić information content (AvgIpc) is 3.29. The molecule has 1 aromatic heterocycles. The standard InChI is InChI=1S/C28H48N5O14P/c1-5-9-43-10-7-21(37)30-12-22(38)32-23-17(35)11-28(4,46-25(23)24(39)18(36)13-34)47-48(41,42)44-14-19-15(2)16(3)26(45-19)33-8-6-20(29)31-27(33)40/h6,8,15-19,23-26,34-36,39H,5,7,9-14H2,1-4H3,(H,30,37)(H,32,38)(H,41,42)(H2,29,31,40). The van der Waals surface area contributed by atoms with E-state index in [2.05, 4.69) is 15.6 Å². The zero-order valence-electron chi connectivity index (χ0n) is 27.3. The van der Waals surface area contributed by atoms with Gasteiger partial charge in [-0.15, -0.1) is 0 Å². The molecule has 0 aromatic carbocycles. The van der Waals surface area contributed by atoms with Crippen LogP contribution in [0.25, 0.3) is 0 Å². The van der Waals surface area contributed by atoms with Gasteiger partial charge in [0, 0.05) is 31.6 Å². The van der Waals surface area contributed by atoms with Gasteiger partial charge in [0.05, 0.1) is 44.6 Å². The minimum Gasteiger partial charge on any atom is -0.394 e. The van der Waals surface area contributed by atoms with Crippen LogP contribution in [0.4, 0.5) is 5.82 Å². The van der Waals surface area contributed by atoms with Crippen LogP contribution < -0.4 is 22.1 Å². The second kappa shape index (κ2) is 17.4. The van der Waals surface area contributed by atoms with Crippen LogP contribution in [-0.4, -0.2) is 122 Å². The molecule has 19 nitrogen and oxygen atoms in total. The monoisotopic (exact) mass is 709 g/mol. The van der Waals surface area contributed by atoms with Gasteiger partial charge in [0.25, 0.3) is 0 Å². The Morgan fingerprint density at radius 2 is 1.96 bits per heavy atom. The molecule has 3 rings (SSSR count). The van der Waals surface area contributed by atoms with E-state index in [1.165, 1.54) is 23.8 Å². The Morgan fingerprint density at radius 1 is 1.25 bits per heavy atom. The topological polar surface area (TPSA) is 283 Å². The molecule has 48 heavy (non-hydrogen) atoms. The summed E-state index contributed by atoms with van der Waals surface area (Å²) in [5, 5.41) is 46.1. The molecular formula is C28H48N5O14P. The van der Waals surface area contributed by atoms with E-state index in [0.717, 1.165) is 6.42 Å². The number of nitrogens with two attached hydrogens (primary N) is 1. The van der Waals surface area contributed by atoms with Crippen molar-refractivity contribution < 1.29 is 62.7 Å². The molecule has 0 radical (unpaired) electrons. The van der Waals surface area contributed by atoms with Gasteiger partial charge in [0.15, 0.2) is 5.79 Å². The maximum Gasteiger partial charge on any atom is 0.474 e. The Kier molecular flexibility index (Phi) is 14.5. The molecule has 2 amide bonds. The van der Waals surface area contributed by atoms with Crippen LogP contribution >= 0.6 is 7.82 Å². The maximum absolute atomic E-state index is 13.1. The lowest BCUT2D eigenvalue weighted by molar-refractivity contribution is -0.285. The number of aromatic nitrogens is 2. The van der Waals surface area contributed by atoms with Crippen molar-refractivity contribution in [3.8, 4) is 0 Å². The van der Waals surface area contributed by atoms with Gasteiger partial charge in [-0.3, -0.25) is 23.2 Å². The summed E-state index contributed by atoms with van der Waals surface area (Å²) < 4.78 is 41.9. The van der Waals surface area contributed by atoms with E-state index in [1.807, 2.05) is 13.8 Å². The van der Waals surface area contributed by atoms with Gasteiger partial charge in [-0.2, -0.15) is 4.98 Å². The van der Waals surface area contributed by atoms with E-state index >= 15 is 0 Å². The van der Waals surface area contributed by atoms with Crippen LogP contribution in [0.2, 0.25) is 0 Å². The number of carbonyl (C=O) groups excluding carboxylic acids is 2. The van der Waals surface area contributed by atoms with Gasteiger partial charge >= 0.3 is 13.5 Å². The summed E-state index contributed by atoms with van der Waals surface area (Å²) >= 11 is 0. The van der Waals surface area contributed by atoms with Gasteiger partial charge in [0.1, 0.15) is 30.4 Å². The van der Waals surface area contributed by atoms with Gasteiger partial charge in [-0.25, -0.2) is 9.36 Å². The summed E-state index contributed by atoms with van der Waals surface area (Å²) in [6.45, 7) is 5.50. The summed E-state index contributed by atoms with van der Waals surface area (Å²) in [6, 6.07) is 0.0248. The summed E-state index contributed by atoms with van der Waals surface area (Å²) in [7, 11) is -4.98. The van der Waals surface area contributed by atoms with Crippen LogP contribution in [-0.2, 0) is 37.4 Å². The Morgan fingerprint density at radius 3 is 2.60 bits per heavy atom. The van der Waals surface area contributed by atoms with Crippen LogP contribution in [0.1, 0.15) is 53.2 Å². The lowest BCUT2D eigenvalue weighted by Crippen LogP contribution is -2.66. The number of hydrogen-bond acceptors (Lipinski definition) is 15. The zero-order chi connectivity index (χ0) is 35.8. The number of amides is 2. The zero-order valence-corrected chi connectivity index (χ0v) is 28.2. The molecule has 11 atom stereocenters. The third-order valence-electron chi connectivity index (χ3n) is 8.26. The molecule has 11 unspecified atom stereocenters. The van der Waals surface area contributed by atoms with E-state index in [9.17, 15) is 44.3 Å². The third-order valence-corrected chi connectivity index (χ3v) is 9.36. The highest BCUT2D eigenvalue weighted by Gasteiger charge is 2.52. The molecule has 2 fully saturated rings. The molecule has 0 spiro atoms. The van der Waals surface area contributed by atoms with Crippen molar-refractivity contribution in [1.29, 1.82) is 0 Å². The van der Waals surface area contributed by atoms with Gasteiger partial charge in [-0.1, -0.05) is 20.8 Å². The van der Waals surface area contributed by atoms with Crippen LogP contribution in [0.15, 0.2) is 17.1 Å². The number of aliphatic hydroxyl groups is 4. The number of nitrogen functional groups attached to an aromatic ring is 1. The largest absolute Gasteiger partial charge is 0.474 e. The molecule has 9 N–H and O–H groups in total. The van der Waals surface area contributed by atoms with Crippen molar-refractivity contribution in [3.05, 3.63) is 22.7 Å². The molecule has 2 aliphatic rings. The van der Waals surface area contributed by atoms with Gasteiger partial charge in [0.2, 0.25) is 11.8 Å². The Bertz CT molecular complexity index is 1340. The molecule has 2 aliphatic heterocycles. The number of nitrogens with one attached hydrogen (secondary N) is 2. The second-order valence-corrected chi connectivity index (χ2v) is 13.5. The fourth-order valence-electron chi connectivity index (χ4n) is 5.49. The summed E-state index contributed by atoms with van der Waals surface area (Å²) in [5.74, 6) is -3.82. The van der Waals surface area contributed by atoms with Gasteiger partial charge in [-0.05, 0) is 25.3 Å². The lowest BCUT2D eigenvalue weighted by Gasteiger charge is -2.47. The first-order valence-corrected chi connectivity index (χ1v) is 17.1.